The minimum absolute atomic E-state index is 0.0807. The maximum Gasteiger partial charge on any atom is 0.306 e. The third-order valence-corrected chi connectivity index (χ3v) is 13.5. The molecule has 0 radical (unpaired) electrons. The zero-order valence-electron chi connectivity index (χ0n) is 49.7. The van der Waals surface area contributed by atoms with Gasteiger partial charge in [0.2, 0.25) is 0 Å². The molecule has 0 heterocycles. The number of hydrogen-bond donors (Lipinski definition) is 0. The largest absolute Gasteiger partial charge is 0.462 e. The molecular weight excluding hydrogens is 937 g/mol. The molecule has 0 amide bonds. The van der Waals surface area contributed by atoms with E-state index in [2.05, 4.69) is 130 Å². The molecule has 0 rings (SSSR count). The average molecular weight is 1060 g/mol. The van der Waals surface area contributed by atoms with Crippen molar-refractivity contribution in [2.45, 2.75) is 303 Å². The van der Waals surface area contributed by atoms with Gasteiger partial charge in [-0.3, -0.25) is 14.4 Å². The molecule has 0 aliphatic heterocycles. The molecule has 434 valence electrons. The van der Waals surface area contributed by atoms with E-state index in [4.69, 9.17) is 14.2 Å². The van der Waals surface area contributed by atoms with E-state index in [1.165, 1.54) is 122 Å². The van der Waals surface area contributed by atoms with Gasteiger partial charge < -0.3 is 14.2 Å². The zero-order chi connectivity index (χ0) is 55.0. The number of hydrogen-bond acceptors (Lipinski definition) is 6. The van der Waals surface area contributed by atoms with Gasteiger partial charge in [0.25, 0.3) is 0 Å². The summed E-state index contributed by atoms with van der Waals surface area (Å²) in [4.78, 5) is 38.1. The standard InChI is InChI=1S/C70H118O6/c1-4-7-10-13-16-19-21-23-25-27-28-29-30-31-32-33-34-35-36-37-38-39-40-41-42-43-45-46-48-51-54-57-60-63-69(72)75-66-67(65-74-68(71)62-59-56-53-50-18-15-12-9-6-3)76-70(73)64-61-58-55-52-49-47-44-26-24-22-20-17-14-11-8-5-2/h7,10,16,19,23,25,28-29,31-32,34-35,37-38,40-41,43,45,67H,4-6,8-9,11-15,17-18,20-22,24,26-27,30,33,36,39,42,44,46-66H2,1-3H3/b10-7-,19-16-,25-23-,29-28-,32-31-,35-34-,38-37-,41-40-,45-43-. The number of carbonyl (C=O) groups excluding carboxylic acids is 3. The Morgan fingerprint density at radius 2 is 0.513 bits per heavy atom. The Morgan fingerprint density at radius 1 is 0.276 bits per heavy atom. The average Bonchev–Trinajstić information content (AvgIpc) is 3.42. The van der Waals surface area contributed by atoms with Gasteiger partial charge in [0.05, 0.1) is 0 Å². The summed E-state index contributed by atoms with van der Waals surface area (Å²) < 4.78 is 16.8. The van der Waals surface area contributed by atoms with E-state index in [-0.39, 0.29) is 31.1 Å². The summed E-state index contributed by atoms with van der Waals surface area (Å²) in [6, 6.07) is 0. The summed E-state index contributed by atoms with van der Waals surface area (Å²) in [5.41, 5.74) is 0. The van der Waals surface area contributed by atoms with Gasteiger partial charge in [0, 0.05) is 19.3 Å². The number of ether oxygens (including phenoxy) is 3. The number of carbonyl (C=O) groups is 3. The Hall–Kier alpha value is -3.93. The van der Waals surface area contributed by atoms with Crippen molar-refractivity contribution in [1.82, 2.24) is 0 Å². The van der Waals surface area contributed by atoms with Gasteiger partial charge in [-0.15, -0.1) is 0 Å². The lowest BCUT2D eigenvalue weighted by Crippen LogP contribution is -2.30. The van der Waals surface area contributed by atoms with Crippen LogP contribution < -0.4 is 0 Å². The lowest BCUT2D eigenvalue weighted by molar-refractivity contribution is -0.167. The molecule has 0 saturated heterocycles. The van der Waals surface area contributed by atoms with Crippen molar-refractivity contribution in [2.24, 2.45) is 0 Å². The molecule has 6 heteroatoms. The molecule has 0 aromatic rings. The van der Waals surface area contributed by atoms with E-state index in [1.54, 1.807) is 0 Å². The zero-order valence-corrected chi connectivity index (χ0v) is 49.7. The van der Waals surface area contributed by atoms with Gasteiger partial charge in [0.15, 0.2) is 6.10 Å². The van der Waals surface area contributed by atoms with Gasteiger partial charge in [-0.05, 0) is 89.9 Å². The summed E-state index contributed by atoms with van der Waals surface area (Å²) in [6.07, 6.45) is 86.7. The van der Waals surface area contributed by atoms with Gasteiger partial charge in [-0.1, -0.05) is 297 Å². The Morgan fingerprint density at radius 3 is 0.803 bits per heavy atom. The summed E-state index contributed by atoms with van der Waals surface area (Å²) in [7, 11) is 0. The highest BCUT2D eigenvalue weighted by Crippen LogP contribution is 2.16. The third-order valence-electron chi connectivity index (χ3n) is 13.5. The van der Waals surface area contributed by atoms with Crippen LogP contribution >= 0.6 is 0 Å². The molecule has 0 spiro atoms. The summed E-state index contributed by atoms with van der Waals surface area (Å²) in [5.74, 6) is -0.895. The molecule has 0 fully saturated rings. The van der Waals surface area contributed by atoms with Crippen LogP contribution in [0.5, 0.6) is 0 Å². The van der Waals surface area contributed by atoms with Crippen LogP contribution in [0.25, 0.3) is 0 Å². The van der Waals surface area contributed by atoms with Crippen LogP contribution in [-0.2, 0) is 28.6 Å². The minimum atomic E-state index is -0.783. The van der Waals surface area contributed by atoms with Crippen molar-refractivity contribution in [3.8, 4) is 0 Å². The minimum Gasteiger partial charge on any atom is -0.462 e. The second kappa shape index (κ2) is 63.6. The van der Waals surface area contributed by atoms with E-state index in [0.29, 0.717) is 19.3 Å². The number of allylic oxidation sites excluding steroid dienone is 18. The van der Waals surface area contributed by atoms with Crippen LogP contribution in [0.2, 0.25) is 0 Å². The van der Waals surface area contributed by atoms with Crippen LogP contribution in [0.15, 0.2) is 109 Å². The van der Waals surface area contributed by atoms with Gasteiger partial charge >= 0.3 is 17.9 Å². The van der Waals surface area contributed by atoms with Gasteiger partial charge in [-0.2, -0.15) is 0 Å². The van der Waals surface area contributed by atoms with Crippen LogP contribution in [0.3, 0.4) is 0 Å². The number of esters is 3. The Balaban J connectivity index is 4.23. The first-order valence-electron chi connectivity index (χ1n) is 31.9. The van der Waals surface area contributed by atoms with E-state index in [0.717, 1.165) is 135 Å². The maximum atomic E-state index is 12.9. The first kappa shape index (κ1) is 72.1. The maximum absolute atomic E-state index is 12.9. The molecule has 0 saturated carbocycles. The third kappa shape index (κ3) is 60.9. The molecule has 0 aliphatic carbocycles. The van der Waals surface area contributed by atoms with E-state index in [9.17, 15) is 14.4 Å². The Labute approximate surface area is 470 Å². The molecular formula is C70H118O6. The highest BCUT2D eigenvalue weighted by atomic mass is 16.6. The monoisotopic (exact) mass is 1050 g/mol. The van der Waals surface area contributed by atoms with Crippen LogP contribution in [0, 0.1) is 0 Å². The molecule has 0 bridgehead atoms. The van der Waals surface area contributed by atoms with E-state index >= 15 is 0 Å². The predicted octanol–water partition coefficient (Wildman–Crippen LogP) is 21.8. The fourth-order valence-corrected chi connectivity index (χ4v) is 8.79. The smallest absolute Gasteiger partial charge is 0.306 e. The highest BCUT2D eigenvalue weighted by Gasteiger charge is 2.19. The number of rotatable bonds is 57. The first-order valence-corrected chi connectivity index (χ1v) is 31.9. The van der Waals surface area contributed by atoms with E-state index in [1.807, 2.05) is 0 Å². The Kier molecular flexibility index (Phi) is 60.3. The molecule has 0 N–H and O–H groups in total. The normalized spacial score (nSPS) is 12.8. The second-order valence-corrected chi connectivity index (χ2v) is 21.0. The molecule has 0 aromatic carbocycles. The molecule has 6 nitrogen and oxygen atoms in total. The van der Waals surface area contributed by atoms with Crippen LogP contribution in [0.4, 0.5) is 0 Å². The molecule has 0 aromatic heterocycles. The Bertz CT molecular complexity index is 1540. The van der Waals surface area contributed by atoms with Crippen molar-refractivity contribution in [3.63, 3.8) is 0 Å². The highest BCUT2D eigenvalue weighted by molar-refractivity contribution is 5.71. The SMILES string of the molecule is CC/C=C\C/C=C\C/C=C\C/C=C\C/C=C\C/C=C\C/C=C\C/C=C\C/C=C\CCCCCCCC(=O)OCC(COC(=O)CCCCCCCCCCC)OC(=O)CCCCCCCCCCCCCCCCCC. The number of unbranched alkanes of at least 4 members (excludes halogenated alkanes) is 28. The topological polar surface area (TPSA) is 78.9 Å². The van der Waals surface area contributed by atoms with Crippen molar-refractivity contribution < 1.29 is 28.6 Å². The van der Waals surface area contributed by atoms with Gasteiger partial charge in [0.1, 0.15) is 13.2 Å². The fourth-order valence-electron chi connectivity index (χ4n) is 8.79. The molecule has 1 atom stereocenters. The molecule has 0 aliphatic rings. The molecule has 76 heavy (non-hydrogen) atoms. The van der Waals surface area contributed by atoms with Crippen LogP contribution in [0.1, 0.15) is 297 Å². The first-order chi connectivity index (χ1) is 37.5. The fraction of sp³-hybridized carbons (Fsp3) is 0.700. The second-order valence-electron chi connectivity index (χ2n) is 21.0. The summed E-state index contributed by atoms with van der Waals surface area (Å²) in [5, 5.41) is 0. The van der Waals surface area contributed by atoms with Crippen LogP contribution in [-0.4, -0.2) is 37.2 Å². The van der Waals surface area contributed by atoms with Crippen molar-refractivity contribution >= 4 is 17.9 Å². The van der Waals surface area contributed by atoms with Crippen molar-refractivity contribution in [3.05, 3.63) is 109 Å². The summed E-state index contributed by atoms with van der Waals surface area (Å²) >= 11 is 0. The predicted molar refractivity (Wildman–Crippen MR) is 330 cm³/mol. The quantitative estimate of drug-likeness (QED) is 0.0261. The van der Waals surface area contributed by atoms with Gasteiger partial charge in [-0.25, -0.2) is 0 Å². The summed E-state index contributed by atoms with van der Waals surface area (Å²) in [6.45, 7) is 6.51. The van der Waals surface area contributed by atoms with Crippen molar-refractivity contribution in [1.29, 1.82) is 0 Å². The lowest BCUT2D eigenvalue weighted by atomic mass is 10.0. The van der Waals surface area contributed by atoms with E-state index < -0.39 is 6.10 Å². The molecule has 1 unspecified atom stereocenters. The lowest BCUT2D eigenvalue weighted by Gasteiger charge is -2.18. The van der Waals surface area contributed by atoms with Crippen molar-refractivity contribution in [2.75, 3.05) is 13.2 Å².